The first-order chi connectivity index (χ1) is 13.0. The van der Waals surface area contributed by atoms with Crippen molar-refractivity contribution < 1.29 is 4.79 Å². The highest BCUT2D eigenvalue weighted by atomic mass is 79.9. The number of aromatic nitrogens is 1. The van der Waals surface area contributed by atoms with Crippen molar-refractivity contribution in [1.82, 2.24) is 4.98 Å². The number of pyridine rings is 1. The zero-order chi connectivity index (χ0) is 19.1. The molecule has 0 saturated heterocycles. The highest BCUT2D eigenvalue weighted by Gasteiger charge is 2.23. The molecule has 1 amide bonds. The maximum absolute atomic E-state index is 12.8. The molecular formula is C21H22BrN3OS. The number of fused-ring (bicyclic) bond motifs is 2. The lowest BCUT2D eigenvalue weighted by Gasteiger charge is -2.22. The minimum atomic E-state index is -0.179. The van der Waals surface area contributed by atoms with Crippen molar-refractivity contribution in [2.45, 2.75) is 39.5 Å². The lowest BCUT2D eigenvalue weighted by Crippen LogP contribution is -2.14. The summed E-state index contributed by atoms with van der Waals surface area (Å²) in [6.45, 7) is 4.23. The molecule has 2 heterocycles. The molecule has 1 atom stereocenters. The summed E-state index contributed by atoms with van der Waals surface area (Å²) >= 11 is 4.86. The van der Waals surface area contributed by atoms with Crippen molar-refractivity contribution in [3.63, 3.8) is 0 Å². The van der Waals surface area contributed by atoms with E-state index in [1.54, 1.807) is 0 Å². The Kier molecular flexibility index (Phi) is 4.95. The SMILES string of the molecule is CC[C@@H]1CCc2nc3sc(C(=O)Nc4ccc(Br)c(C)c4)c(N)c3cc2C1. The number of anilines is 2. The Labute approximate surface area is 171 Å². The fourth-order valence-electron chi connectivity index (χ4n) is 3.69. The molecule has 140 valence electrons. The molecule has 0 bridgehead atoms. The molecule has 0 aliphatic heterocycles. The summed E-state index contributed by atoms with van der Waals surface area (Å²) in [6, 6.07) is 7.90. The van der Waals surface area contributed by atoms with Gasteiger partial charge in [0.15, 0.2) is 0 Å². The molecule has 6 heteroatoms. The van der Waals surface area contributed by atoms with Crippen LogP contribution in [-0.4, -0.2) is 10.9 Å². The summed E-state index contributed by atoms with van der Waals surface area (Å²) in [5.41, 5.74) is 11.2. The minimum Gasteiger partial charge on any atom is -0.397 e. The number of hydrogen-bond donors (Lipinski definition) is 2. The molecule has 1 aliphatic rings. The van der Waals surface area contributed by atoms with Gasteiger partial charge in [0.25, 0.3) is 5.91 Å². The predicted octanol–water partition coefficient (Wildman–Crippen LogP) is 5.72. The molecule has 0 radical (unpaired) electrons. The summed E-state index contributed by atoms with van der Waals surface area (Å²) in [5.74, 6) is 0.543. The van der Waals surface area contributed by atoms with Gasteiger partial charge in [0.1, 0.15) is 9.71 Å². The van der Waals surface area contributed by atoms with Gasteiger partial charge in [-0.2, -0.15) is 0 Å². The van der Waals surface area contributed by atoms with Crippen LogP contribution in [0.25, 0.3) is 10.2 Å². The van der Waals surface area contributed by atoms with E-state index in [-0.39, 0.29) is 5.91 Å². The fourth-order valence-corrected chi connectivity index (χ4v) is 4.93. The van der Waals surface area contributed by atoms with Crippen LogP contribution in [0.4, 0.5) is 11.4 Å². The number of carbonyl (C=O) groups is 1. The van der Waals surface area contributed by atoms with Crippen LogP contribution < -0.4 is 11.1 Å². The van der Waals surface area contributed by atoms with E-state index in [1.165, 1.54) is 35.4 Å². The number of hydrogen-bond acceptors (Lipinski definition) is 4. The van der Waals surface area contributed by atoms with E-state index in [1.807, 2.05) is 25.1 Å². The number of carbonyl (C=O) groups excluding carboxylic acids is 1. The largest absolute Gasteiger partial charge is 0.397 e. The van der Waals surface area contributed by atoms with Crippen molar-refractivity contribution >= 4 is 54.8 Å². The smallest absolute Gasteiger partial charge is 0.267 e. The van der Waals surface area contributed by atoms with E-state index < -0.39 is 0 Å². The number of benzene rings is 1. The average molecular weight is 444 g/mol. The Morgan fingerprint density at radius 2 is 2.22 bits per heavy atom. The molecule has 2 aromatic heterocycles. The Balaban J connectivity index is 1.66. The van der Waals surface area contributed by atoms with Gasteiger partial charge in [0, 0.05) is 21.2 Å². The maximum Gasteiger partial charge on any atom is 0.267 e. The van der Waals surface area contributed by atoms with Gasteiger partial charge in [-0.3, -0.25) is 4.79 Å². The molecule has 0 spiro atoms. The minimum absolute atomic E-state index is 0.179. The van der Waals surface area contributed by atoms with Gasteiger partial charge in [-0.25, -0.2) is 4.98 Å². The maximum atomic E-state index is 12.8. The normalized spacial score (nSPS) is 16.3. The predicted molar refractivity (Wildman–Crippen MR) is 117 cm³/mol. The Morgan fingerprint density at radius 1 is 1.41 bits per heavy atom. The number of amides is 1. The summed E-state index contributed by atoms with van der Waals surface area (Å²) in [6.07, 6.45) is 4.46. The second-order valence-corrected chi connectivity index (χ2v) is 9.08. The third-order valence-electron chi connectivity index (χ3n) is 5.39. The van der Waals surface area contributed by atoms with Gasteiger partial charge in [0.05, 0.1) is 5.69 Å². The fraction of sp³-hybridized carbons (Fsp3) is 0.333. The van der Waals surface area contributed by atoms with Gasteiger partial charge >= 0.3 is 0 Å². The standard InChI is InChI=1S/C21H22BrN3OS/c1-3-12-4-7-17-13(9-12)10-15-18(23)19(27-21(15)25-17)20(26)24-14-5-6-16(22)11(2)8-14/h5-6,8,10,12H,3-4,7,9,23H2,1-2H3,(H,24,26)/t12-/m1/s1. The number of halogens is 1. The van der Waals surface area contributed by atoms with Crippen LogP contribution in [0.2, 0.25) is 0 Å². The molecule has 0 fully saturated rings. The summed E-state index contributed by atoms with van der Waals surface area (Å²) in [4.78, 5) is 19.0. The number of thiophene rings is 1. The lowest BCUT2D eigenvalue weighted by atomic mass is 9.85. The molecule has 4 nitrogen and oxygen atoms in total. The Morgan fingerprint density at radius 3 is 2.96 bits per heavy atom. The van der Waals surface area contributed by atoms with Gasteiger partial charge in [-0.05, 0) is 67.5 Å². The van der Waals surface area contributed by atoms with Crippen LogP contribution in [-0.2, 0) is 12.8 Å². The van der Waals surface area contributed by atoms with Crippen molar-refractivity contribution in [3.05, 3.63) is 50.4 Å². The topological polar surface area (TPSA) is 68.0 Å². The first kappa shape index (κ1) is 18.4. The van der Waals surface area contributed by atoms with Crippen molar-refractivity contribution in [2.75, 3.05) is 11.1 Å². The van der Waals surface area contributed by atoms with E-state index in [4.69, 9.17) is 10.7 Å². The zero-order valence-corrected chi connectivity index (χ0v) is 17.8. The number of nitrogen functional groups attached to an aromatic ring is 1. The van der Waals surface area contributed by atoms with Gasteiger partial charge < -0.3 is 11.1 Å². The van der Waals surface area contributed by atoms with Crippen LogP contribution in [0, 0.1) is 12.8 Å². The van der Waals surface area contributed by atoms with E-state index in [0.29, 0.717) is 10.6 Å². The van der Waals surface area contributed by atoms with Crippen molar-refractivity contribution in [1.29, 1.82) is 0 Å². The third kappa shape index (κ3) is 3.48. The van der Waals surface area contributed by atoms with Gasteiger partial charge in [0.2, 0.25) is 0 Å². The van der Waals surface area contributed by atoms with Crippen LogP contribution in [0.5, 0.6) is 0 Å². The summed E-state index contributed by atoms with van der Waals surface area (Å²) in [5, 5.41) is 3.87. The van der Waals surface area contributed by atoms with Gasteiger partial charge in [-0.1, -0.05) is 29.3 Å². The molecule has 3 aromatic rings. The van der Waals surface area contributed by atoms with Crippen molar-refractivity contribution in [3.8, 4) is 0 Å². The summed E-state index contributed by atoms with van der Waals surface area (Å²) in [7, 11) is 0. The first-order valence-corrected chi connectivity index (χ1v) is 10.9. The molecule has 4 rings (SSSR count). The number of rotatable bonds is 3. The number of aryl methyl sites for hydroxylation is 2. The average Bonchev–Trinajstić information content (AvgIpc) is 2.98. The van der Waals surface area contributed by atoms with Gasteiger partial charge in [-0.15, -0.1) is 11.3 Å². The molecular weight excluding hydrogens is 422 g/mol. The van der Waals surface area contributed by atoms with Crippen molar-refractivity contribution in [2.24, 2.45) is 5.92 Å². The first-order valence-electron chi connectivity index (χ1n) is 9.24. The van der Waals surface area contributed by atoms with E-state index in [9.17, 15) is 4.79 Å². The Hall–Kier alpha value is -1.92. The second-order valence-electron chi connectivity index (χ2n) is 7.23. The molecule has 0 unspecified atom stereocenters. The lowest BCUT2D eigenvalue weighted by molar-refractivity contribution is 0.103. The number of nitrogens with zero attached hydrogens (tertiary/aromatic N) is 1. The van der Waals surface area contributed by atoms with Crippen LogP contribution in [0.1, 0.15) is 46.3 Å². The number of nitrogens with two attached hydrogens (primary N) is 1. The highest BCUT2D eigenvalue weighted by molar-refractivity contribution is 9.10. The molecule has 27 heavy (non-hydrogen) atoms. The molecule has 3 N–H and O–H groups in total. The highest BCUT2D eigenvalue weighted by Crippen LogP contribution is 2.37. The van der Waals surface area contributed by atoms with Crippen LogP contribution in [0.15, 0.2) is 28.7 Å². The van der Waals surface area contributed by atoms with Crippen LogP contribution >= 0.6 is 27.3 Å². The second kappa shape index (κ2) is 7.24. The zero-order valence-electron chi connectivity index (χ0n) is 15.4. The molecule has 1 aliphatic carbocycles. The quantitative estimate of drug-likeness (QED) is 0.543. The van der Waals surface area contributed by atoms with E-state index >= 15 is 0 Å². The molecule has 0 saturated carbocycles. The molecule has 1 aromatic carbocycles. The van der Waals surface area contributed by atoms with Crippen LogP contribution in [0.3, 0.4) is 0 Å². The third-order valence-corrected chi connectivity index (χ3v) is 7.39. The summed E-state index contributed by atoms with van der Waals surface area (Å²) < 4.78 is 1.02. The monoisotopic (exact) mass is 443 g/mol. The van der Waals surface area contributed by atoms with E-state index in [2.05, 4.69) is 34.2 Å². The van der Waals surface area contributed by atoms with E-state index in [0.717, 1.165) is 44.7 Å². The number of nitrogens with one attached hydrogen (secondary N) is 1. The Bertz CT molecular complexity index is 1040.